The molecule has 2 rings (SSSR count). The largest absolute Gasteiger partial charge is 0.493 e. The highest BCUT2D eigenvalue weighted by molar-refractivity contribution is 9.10. The van der Waals surface area contributed by atoms with Gasteiger partial charge in [0, 0.05) is 16.1 Å². The lowest BCUT2D eigenvalue weighted by atomic mass is 10.0. The zero-order valence-electron chi connectivity index (χ0n) is 12.8. The van der Waals surface area contributed by atoms with E-state index in [1.807, 2.05) is 0 Å². The molecule has 0 bridgehead atoms. The molecule has 1 unspecified atom stereocenters. The Bertz CT molecular complexity index is 586. The highest BCUT2D eigenvalue weighted by Gasteiger charge is 2.33. The van der Waals surface area contributed by atoms with Crippen molar-refractivity contribution in [1.82, 2.24) is 0 Å². The highest BCUT2D eigenvalue weighted by Crippen LogP contribution is 2.41. The number of rotatable bonds is 7. The van der Waals surface area contributed by atoms with Crippen molar-refractivity contribution < 1.29 is 14.4 Å². The Morgan fingerprint density at radius 2 is 2.14 bits per heavy atom. The summed E-state index contributed by atoms with van der Waals surface area (Å²) in [7, 11) is 1.56. The van der Waals surface area contributed by atoms with Crippen LogP contribution < -0.4 is 9.47 Å². The van der Waals surface area contributed by atoms with E-state index in [0.717, 1.165) is 30.2 Å². The lowest BCUT2D eigenvalue weighted by Crippen LogP contribution is -2.27. The Labute approximate surface area is 138 Å². The van der Waals surface area contributed by atoms with Crippen LogP contribution in [-0.2, 0) is 0 Å². The second kappa shape index (κ2) is 7.63. The van der Waals surface area contributed by atoms with Gasteiger partial charge in [0.25, 0.3) is 5.70 Å². The van der Waals surface area contributed by atoms with Crippen molar-refractivity contribution in [3.63, 3.8) is 0 Å². The standard InChI is InChI=1S/C16H20BrNO4/c1-3-4-5-6-7-14-13(18(19)20)9-11-8-12(17)10-15(21-2)16(11)22-14/h8-10,14H,3-7H2,1-2H3. The Morgan fingerprint density at radius 1 is 1.36 bits per heavy atom. The van der Waals surface area contributed by atoms with Gasteiger partial charge in [-0.05, 0) is 25.0 Å². The molecule has 120 valence electrons. The van der Waals surface area contributed by atoms with Crippen molar-refractivity contribution in [2.45, 2.75) is 45.1 Å². The SMILES string of the molecule is CCCCCCC1Oc2c(cc(Br)cc2OC)C=C1[N+](=O)[O-]. The number of fused-ring (bicyclic) bond motifs is 1. The van der Waals surface area contributed by atoms with Crippen molar-refractivity contribution in [3.8, 4) is 11.5 Å². The average molecular weight is 370 g/mol. The maximum atomic E-state index is 11.3. The fourth-order valence-electron chi connectivity index (χ4n) is 2.56. The van der Waals surface area contributed by atoms with Gasteiger partial charge >= 0.3 is 0 Å². The normalized spacial score (nSPS) is 16.5. The first-order valence-corrected chi connectivity index (χ1v) is 8.26. The Morgan fingerprint density at radius 3 is 2.77 bits per heavy atom. The summed E-state index contributed by atoms with van der Waals surface area (Å²) in [5.41, 5.74) is 0.784. The molecule has 0 radical (unpaired) electrons. The molecule has 1 aliphatic rings. The summed E-state index contributed by atoms with van der Waals surface area (Å²) in [6, 6.07) is 3.60. The maximum absolute atomic E-state index is 11.3. The van der Waals surface area contributed by atoms with Gasteiger partial charge in [0.15, 0.2) is 17.6 Å². The first kappa shape index (κ1) is 16.8. The fourth-order valence-corrected chi connectivity index (χ4v) is 3.02. The summed E-state index contributed by atoms with van der Waals surface area (Å²) < 4.78 is 12.0. The van der Waals surface area contributed by atoms with E-state index in [-0.39, 0.29) is 10.6 Å². The first-order chi connectivity index (χ1) is 10.6. The van der Waals surface area contributed by atoms with Crippen molar-refractivity contribution in [2.24, 2.45) is 0 Å². The van der Waals surface area contributed by atoms with Crippen molar-refractivity contribution >= 4 is 22.0 Å². The summed E-state index contributed by atoms with van der Waals surface area (Å²) in [6.45, 7) is 2.14. The lowest BCUT2D eigenvalue weighted by molar-refractivity contribution is -0.433. The zero-order valence-corrected chi connectivity index (χ0v) is 14.4. The third kappa shape index (κ3) is 3.80. The quantitative estimate of drug-likeness (QED) is 0.393. The maximum Gasteiger partial charge on any atom is 0.287 e. The van der Waals surface area contributed by atoms with Gasteiger partial charge in [-0.2, -0.15) is 0 Å². The molecule has 6 heteroatoms. The number of halogens is 1. The number of ether oxygens (including phenoxy) is 2. The molecule has 0 aliphatic carbocycles. The molecule has 0 saturated heterocycles. The molecule has 0 spiro atoms. The molecule has 0 saturated carbocycles. The van der Waals surface area contributed by atoms with E-state index in [4.69, 9.17) is 9.47 Å². The highest BCUT2D eigenvalue weighted by atomic mass is 79.9. The van der Waals surface area contributed by atoms with Gasteiger partial charge in [0.2, 0.25) is 0 Å². The van der Waals surface area contributed by atoms with Crippen LogP contribution in [0, 0.1) is 10.1 Å². The molecule has 0 fully saturated rings. The van der Waals surface area contributed by atoms with E-state index in [0.29, 0.717) is 23.5 Å². The molecule has 0 aromatic heterocycles. The zero-order chi connectivity index (χ0) is 16.1. The van der Waals surface area contributed by atoms with Crippen LogP contribution in [0.4, 0.5) is 0 Å². The summed E-state index contributed by atoms with van der Waals surface area (Å²) in [5, 5.41) is 11.3. The van der Waals surface area contributed by atoms with E-state index in [2.05, 4.69) is 22.9 Å². The van der Waals surface area contributed by atoms with Crippen LogP contribution in [0.1, 0.15) is 44.6 Å². The Balaban J connectivity index is 2.27. The molecular formula is C16H20BrNO4. The predicted octanol–water partition coefficient (Wildman–Crippen LogP) is 4.81. The monoisotopic (exact) mass is 369 g/mol. The second-order valence-corrected chi connectivity index (χ2v) is 6.22. The molecule has 1 heterocycles. The van der Waals surface area contributed by atoms with Gasteiger partial charge in [-0.25, -0.2) is 0 Å². The van der Waals surface area contributed by atoms with Crippen LogP contribution in [0.5, 0.6) is 11.5 Å². The number of hydrogen-bond acceptors (Lipinski definition) is 4. The number of benzene rings is 1. The van der Waals surface area contributed by atoms with Crippen molar-refractivity contribution in [3.05, 3.63) is 38.0 Å². The molecule has 5 nitrogen and oxygen atoms in total. The summed E-state index contributed by atoms with van der Waals surface area (Å²) in [5.74, 6) is 1.17. The fraction of sp³-hybridized carbons (Fsp3) is 0.500. The molecule has 1 aliphatic heterocycles. The second-order valence-electron chi connectivity index (χ2n) is 5.31. The van der Waals surface area contributed by atoms with Gasteiger partial charge in [-0.15, -0.1) is 0 Å². The predicted molar refractivity (Wildman–Crippen MR) is 88.8 cm³/mol. The van der Waals surface area contributed by atoms with Gasteiger partial charge in [-0.1, -0.05) is 42.1 Å². The lowest BCUT2D eigenvalue weighted by Gasteiger charge is -2.24. The summed E-state index contributed by atoms with van der Waals surface area (Å²) >= 11 is 3.38. The third-order valence-electron chi connectivity index (χ3n) is 3.69. The molecule has 0 N–H and O–H groups in total. The number of methoxy groups -OCH3 is 1. The van der Waals surface area contributed by atoms with Crippen molar-refractivity contribution in [2.75, 3.05) is 7.11 Å². The van der Waals surface area contributed by atoms with Crippen molar-refractivity contribution in [1.29, 1.82) is 0 Å². The van der Waals surface area contributed by atoms with E-state index in [1.54, 1.807) is 25.3 Å². The number of unbranched alkanes of at least 4 members (excludes halogenated alkanes) is 3. The molecule has 22 heavy (non-hydrogen) atoms. The molecule has 1 aromatic carbocycles. The van der Waals surface area contributed by atoms with E-state index < -0.39 is 6.10 Å². The minimum absolute atomic E-state index is 0.115. The van der Waals surface area contributed by atoms with E-state index in [1.165, 1.54) is 0 Å². The van der Waals surface area contributed by atoms with Crippen LogP contribution >= 0.6 is 15.9 Å². The van der Waals surface area contributed by atoms with Gasteiger partial charge in [0.05, 0.1) is 12.0 Å². The van der Waals surface area contributed by atoms with E-state index >= 15 is 0 Å². The van der Waals surface area contributed by atoms with Crippen LogP contribution in [-0.4, -0.2) is 18.1 Å². The molecule has 0 amide bonds. The first-order valence-electron chi connectivity index (χ1n) is 7.47. The van der Waals surface area contributed by atoms with Crippen LogP contribution in [0.25, 0.3) is 6.08 Å². The summed E-state index contributed by atoms with van der Waals surface area (Å²) in [6.07, 6.45) is 5.96. The third-order valence-corrected chi connectivity index (χ3v) is 4.15. The minimum atomic E-state index is -0.519. The van der Waals surface area contributed by atoms with Crippen LogP contribution in [0.3, 0.4) is 0 Å². The van der Waals surface area contributed by atoms with Gasteiger partial charge < -0.3 is 9.47 Å². The number of nitro groups is 1. The number of nitrogens with zero attached hydrogens (tertiary/aromatic N) is 1. The molecular weight excluding hydrogens is 350 g/mol. The molecule has 1 aromatic rings. The Kier molecular flexibility index (Phi) is 5.83. The van der Waals surface area contributed by atoms with Gasteiger partial charge in [-0.3, -0.25) is 10.1 Å². The van der Waals surface area contributed by atoms with Crippen LogP contribution in [0.15, 0.2) is 22.3 Å². The Hall–Kier alpha value is -1.56. The van der Waals surface area contributed by atoms with Crippen LogP contribution in [0.2, 0.25) is 0 Å². The smallest absolute Gasteiger partial charge is 0.287 e. The number of hydrogen-bond donors (Lipinski definition) is 0. The summed E-state index contributed by atoms with van der Waals surface area (Å²) in [4.78, 5) is 11.0. The minimum Gasteiger partial charge on any atom is -0.493 e. The van der Waals surface area contributed by atoms with E-state index in [9.17, 15) is 10.1 Å². The molecule has 1 atom stereocenters. The van der Waals surface area contributed by atoms with Gasteiger partial charge in [0.1, 0.15) is 0 Å². The average Bonchev–Trinajstić information content (AvgIpc) is 2.50. The topological polar surface area (TPSA) is 61.6 Å².